The zero-order chi connectivity index (χ0) is 18.6. The van der Waals surface area contributed by atoms with Crippen LogP contribution in [-0.2, 0) is 4.74 Å². The summed E-state index contributed by atoms with van der Waals surface area (Å²) in [5.74, 6) is 1.46. The maximum Gasteiger partial charge on any atom is 0.191 e. The summed E-state index contributed by atoms with van der Waals surface area (Å²) in [6, 6.07) is 6.13. The summed E-state index contributed by atoms with van der Waals surface area (Å²) in [6.07, 6.45) is 3.43. The number of hydrogen-bond acceptors (Lipinski definition) is 3. The lowest BCUT2D eigenvalue weighted by atomic mass is 10.0. The minimum absolute atomic E-state index is 0. The first-order chi connectivity index (χ1) is 12.5. The van der Waals surface area contributed by atoms with Crippen LogP contribution < -0.4 is 15.5 Å². The van der Waals surface area contributed by atoms with Crippen molar-refractivity contribution in [3.63, 3.8) is 0 Å². The van der Waals surface area contributed by atoms with Crippen LogP contribution in [0.4, 0.5) is 5.69 Å². The highest BCUT2D eigenvalue weighted by atomic mass is 127. The molecule has 0 spiro atoms. The molecule has 2 atom stereocenters. The van der Waals surface area contributed by atoms with Crippen LogP contribution in [0.15, 0.2) is 23.2 Å². The van der Waals surface area contributed by atoms with E-state index in [1.54, 1.807) is 0 Å². The average Bonchev–Trinajstić information content (AvgIpc) is 3.27. The molecule has 0 amide bonds. The number of anilines is 1. The van der Waals surface area contributed by atoms with Crippen LogP contribution in [0.25, 0.3) is 0 Å². The van der Waals surface area contributed by atoms with Crippen LogP contribution in [0.5, 0.6) is 0 Å². The van der Waals surface area contributed by atoms with Gasteiger partial charge in [-0.15, -0.1) is 24.0 Å². The van der Waals surface area contributed by atoms with Gasteiger partial charge in [0.25, 0.3) is 0 Å². The van der Waals surface area contributed by atoms with Gasteiger partial charge in [-0.2, -0.15) is 0 Å². The van der Waals surface area contributed by atoms with Crippen molar-refractivity contribution in [1.29, 1.82) is 0 Å². The molecule has 1 aromatic rings. The Bertz CT molecular complexity index is 649. The van der Waals surface area contributed by atoms with E-state index < -0.39 is 0 Å². The summed E-state index contributed by atoms with van der Waals surface area (Å²) in [4.78, 5) is 6.79. The van der Waals surface area contributed by atoms with Gasteiger partial charge in [0.15, 0.2) is 5.96 Å². The number of nitrogens with one attached hydrogen (secondary N) is 2. The predicted octanol–water partition coefficient (Wildman–Crippen LogP) is 3.83. The number of hydrogen-bond donors (Lipinski definition) is 2. The van der Waals surface area contributed by atoms with Gasteiger partial charge in [0, 0.05) is 50.5 Å². The maximum absolute atomic E-state index is 6.18. The average molecular weight is 507 g/mol. The number of rotatable bonds is 5. The highest BCUT2D eigenvalue weighted by Gasteiger charge is 2.30. The Morgan fingerprint density at radius 1 is 1.41 bits per heavy atom. The molecule has 2 saturated heterocycles. The van der Waals surface area contributed by atoms with Gasteiger partial charge < -0.3 is 20.3 Å². The molecule has 2 heterocycles. The molecule has 5 nitrogen and oxygen atoms in total. The second-order valence-corrected chi connectivity index (χ2v) is 8.18. The van der Waals surface area contributed by atoms with E-state index in [1.807, 2.05) is 13.1 Å². The zero-order valence-corrected chi connectivity index (χ0v) is 19.6. The zero-order valence-electron chi connectivity index (χ0n) is 16.6. The third kappa shape index (κ3) is 6.12. The Hall–Kier alpha value is -0.730. The van der Waals surface area contributed by atoms with Crippen molar-refractivity contribution < 1.29 is 4.74 Å². The normalized spacial score (nSPS) is 25.4. The Kier molecular flexibility index (Phi) is 8.49. The molecule has 3 rings (SSSR count). The maximum atomic E-state index is 6.18. The molecule has 2 aliphatic rings. The number of aliphatic imine (C=N–C) groups is 1. The molecule has 0 aromatic heterocycles. The van der Waals surface area contributed by atoms with Gasteiger partial charge in [-0.05, 0) is 56.7 Å². The monoisotopic (exact) mass is 506 g/mol. The van der Waals surface area contributed by atoms with Crippen molar-refractivity contribution in [3.05, 3.63) is 28.8 Å². The molecule has 2 fully saturated rings. The highest BCUT2D eigenvalue weighted by Crippen LogP contribution is 2.29. The fourth-order valence-electron chi connectivity index (χ4n) is 3.85. The van der Waals surface area contributed by atoms with E-state index >= 15 is 0 Å². The van der Waals surface area contributed by atoms with Crippen LogP contribution in [0.2, 0.25) is 5.02 Å². The van der Waals surface area contributed by atoms with Crippen LogP contribution in [0, 0.1) is 12.8 Å². The number of nitrogens with zero attached hydrogens (tertiary/aromatic N) is 2. The molecule has 2 aliphatic heterocycles. The van der Waals surface area contributed by atoms with Crippen molar-refractivity contribution in [2.45, 2.75) is 38.7 Å². The third-order valence-corrected chi connectivity index (χ3v) is 5.74. The summed E-state index contributed by atoms with van der Waals surface area (Å²) < 4.78 is 5.83. The van der Waals surface area contributed by atoms with Gasteiger partial charge in [0.2, 0.25) is 0 Å². The fraction of sp³-hybridized carbons (Fsp3) is 0.650. The minimum atomic E-state index is -0.0636. The van der Waals surface area contributed by atoms with E-state index in [9.17, 15) is 0 Å². The molecule has 27 heavy (non-hydrogen) atoms. The number of guanidine groups is 1. The molecular weight excluding hydrogens is 475 g/mol. The van der Waals surface area contributed by atoms with E-state index in [1.165, 1.54) is 17.7 Å². The van der Waals surface area contributed by atoms with Crippen molar-refractivity contribution in [2.24, 2.45) is 10.9 Å². The smallest absolute Gasteiger partial charge is 0.191 e. The van der Waals surface area contributed by atoms with E-state index in [-0.39, 0.29) is 29.6 Å². The lowest BCUT2D eigenvalue weighted by Crippen LogP contribution is -2.46. The lowest BCUT2D eigenvalue weighted by Gasteiger charge is -2.25. The predicted molar refractivity (Wildman–Crippen MR) is 125 cm³/mol. The Labute approximate surface area is 185 Å². The van der Waals surface area contributed by atoms with Crippen LogP contribution in [0.1, 0.15) is 31.7 Å². The quantitative estimate of drug-likeness (QED) is 0.362. The van der Waals surface area contributed by atoms with E-state index in [4.69, 9.17) is 16.3 Å². The first-order valence-corrected chi connectivity index (χ1v) is 9.96. The SMILES string of the molecule is CN=C(NCC1CCN(c2cc(Cl)ccc2C)C1)NCC1(C)CCCO1.I. The molecular formula is C20H32ClIN4O. The third-order valence-electron chi connectivity index (χ3n) is 5.51. The summed E-state index contributed by atoms with van der Waals surface area (Å²) in [6.45, 7) is 9.03. The van der Waals surface area contributed by atoms with E-state index in [0.717, 1.165) is 56.6 Å². The molecule has 0 radical (unpaired) electrons. The van der Waals surface area contributed by atoms with Gasteiger partial charge in [-0.3, -0.25) is 4.99 Å². The van der Waals surface area contributed by atoms with Crippen LogP contribution in [-0.4, -0.2) is 51.4 Å². The molecule has 2 N–H and O–H groups in total. The second kappa shape index (κ2) is 10.2. The first kappa shape index (κ1) is 22.6. The van der Waals surface area contributed by atoms with Gasteiger partial charge >= 0.3 is 0 Å². The van der Waals surface area contributed by atoms with Gasteiger partial charge in [0.05, 0.1) is 5.60 Å². The number of aryl methyl sites for hydroxylation is 1. The van der Waals surface area contributed by atoms with Gasteiger partial charge in [0.1, 0.15) is 0 Å². The molecule has 0 bridgehead atoms. The van der Waals surface area contributed by atoms with Crippen molar-refractivity contribution in [3.8, 4) is 0 Å². The molecule has 0 aliphatic carbocycles. The first-order valence-electron chi connectivity index (χ1n) is 9.59. The Balaban J connectivity index is 0.00000261. The van der Waals surface area contributed by atoms with Crippen molar-refractivity contribution in [2.75, 3.05) is 44.7 Å². The Morgan fingerprint density at radius 2 is 2.22 bits per heavy atom. The molecule has 0 saturated carbocycles. The van der Waals surface area contributed by atoms with Gasteiger partial charge in [-0.1, -0.05) is 17.7 Å². The number of halogens is 2. The topological polar surface area (TPSA) is 48.9 Å². The van der Waals surface area contributed by atoms with Crippen molar-refractivity contribution >= 4 is 47.2 Å². The molecule has 152 valence electrons. The van der Waals surface area contributed by atoms with Crippen molar-refractivity contribution in [1.82, 2.24) is 10.6 Å². The summed E-state index contributed by atoms with van der Waals surface area (Å²) in [5, 5.41) is 7.70. The highest BCUT2D eigenvalue weighted by molar-refractivity contribution is 14.0. The summed E-state index contributed by atoms with van der Waals surface area (Å²) in [7, 11) is 1.82. The minimum Gasteiger partial charge on any atom is -0.373 e. The van der Waals surface area contributed by atoms with E-state index in [2.05, 4.69) is 46.5 Å². The summed E-state index contributed by atoms with van der Waals surface area (Å²) in [5.41, 5.74) is 2.48. The second-order valence-electron chi connectivity index (χ2n) is 7.74. The largest absolute Gasteiger partial charge is 0.373 e. The summed E-state index contributed by atoms with van der Waals surface area (Å²) >= 11 is 6.18. The van der Waals surface area contributed by atoms with E-state index in [0.29, 0.717) is 5.92 Å². The molecule has 1 aromatic carbocycles. The molecule has 7 heteroatoms. The standard InChI is InChI=1S/C20H31ClN4O.HI/c1-15-5-6-17(21)11-18(15)25-9-7-16(13-25)12-23-19(22-3)24-14-20(2)8-4-10-26-20;/h5-6,11,16H,4,7-10,12-14H2,1-3H3,(H2,22,23,24);1H. The Morgan fingerprint density at radius 3 is 2.93 bits per heavy atom. The lowest BCUT2D eigenvalue weighted by molar-refractivity contribution is 0.0243. The van der Waals surface area contributed by atoms with Crippen LogP contribution in [0.3, 0.4) is 0 Å². The van der Waals surface area contributed by atoms with Gasteiger partial charge in [-0.25, -0.2) is 0 Å². The molecule has 2 unspecified atom stereocenters. The number of ether oxygens (including phenoxy) is 1. The fourth-order valence-corrected chi connectivity index (χ4v) is 4.02. The van der Waals surface area contributed by atoms with Crippen LogP contribution >= 0.6 is 35.6 Å². The number of benzene rings is 1.